The molecule has 4 atom stereocenters. The second kappa shape index (κ2) is 9.97. The van der Waals surface area contributed by atoms with Crippen molar-refractivity contribution in [3.63, 3.8) is 0 Å². The second-order valence-corrected chi connectivity index (χ2v) is 8.14. The number of carbonyl (C=O) groups is 3. The molecule has 1 aliphatic heterocycles. The number of rotatable bonds is 10. The Kier molecular flexibility index (Phi) is 7.33. The van der Waals surface area contributed by atoms with Gasteiger partial charge in [-0.15, -0.1) is 5.10 Å². The molecule has 0 bridgehead atoms. The average molecular weight is 469 g/mol. The van der Waals surface area contributed by atoms with Gasteiger partial charge in [0.15, 0.2) is 18.1 Å². The van der Waals surface area contributed by atoms with Crippen LogP contribution in [0.4, 0.5) is 0 Å². The first-order valence-electron chi connectivity index (χ1n) is 9.12. The normalized spacial score (nSPS) is 22.3. The Morgan fingerprint density at radius 1 is 1.34 bits per heavy atom. The number of esters is 1. The summed E-state index contributed by atoms with van der Waals surface area (Å²) in [5.41, 5.74) is 5.08. The number of nitrogens with two attached hydrogens (primary N) is 1. The van der Waals surface area contributed by atoms with E-state index in [4.69, 9.17) is 19.5 Å². The van der Waals surface area contributed by atoms with Gasteiger partial charge in [0.2, 0.25) is 5.82 Å². The van der Waals surface area contributed by atoms with Gasteiger partial charge in [0, 0.05) is 0 Å². The number of methoxy groups -OCH3 is 1. The van der Waals surface area contributed by atoms with Crippen LogP contribution in [0.15, 0.2) is 36.7 Å². The number of nitrogens with one attached hydrogen (secondary N) is 1. The van der Waals surface area contributed by atoms with E-state index in [2.05, 4.69) is 19.9 Å². The molecule has 1 aromatic heterocycles. The molecule has 0 saturated carbocycles. The van der Waals surface area contributed by atoms with Crippen LogP contribution in [0, 0.1) is 0 Å². The van der Waals surface area contributed by atoms with Gasteiger partial charge in [-0.3, -0.25) is 18.9 Å². The van der Waals surface area contributed by atoms with Crippen LogP contribution in [-0.2, 0) is 28.2 Å². The summed E-state index contributed by atoms with van der Waals surface area (Å²) >= 11 is 0. The lowest BCUT2D eigenvalue weighted by molar-refractivity contribution is -0.139. The number of ketones is 1. The second-order valence-electron chi connectivity index (χ2n) is 6.38. The first-order valence-corrected chi connectivity index (χ1v) is 10.7. The van der Waals surface area contributed by atoms with Crippen molar-refractivity contribution >= 4 is 25.4 Å². The third-order valence-corrected chi connectivity index (χ3v) is 5.67. The van der Waals surface area contributed by atoms with Crippen molar-refractivity contribution in [2.24, 2.45) is 5.73 Å². The molecule has 32 heavy (non-hydrogen) atoms. The number of hydrogen-bond donors (Lipinski definition) is 3. The number of nitrogens with zero attached hydrogens (tertiary/aromatic N) is 3. The summed E-state index contributed by atoms with van der Waals surface area (Å²) in [6.07, 6.45) is -3.27. The number of aromatic nitrogens is 3. The number of primary amides is 1. The molecule has 2 heterocycles. The highest BCUT2D eigenvalue weighted by Crippen LogP contribution is 2.44. The van der Waals surface area contributed by atoms with Crippen molar-refractivity contribution in [1.82, 2.24) is 19.9 Å². The minimum atomic E-state index is -4.17. The van der Waals surface area contributed by atoms with E-state index < -0.39 is 57.0 Å². The number of benzene rings is 1. The highest BCUT2D eigenvalue weighted by Gasteiger charge is 2.45. The number of aliphatic hydroxyl groups is 1. The van der Waals surface area contributed by atoms with E-state index >= 15 is 0 Å². The molecule has 14 nitrogen and oxygen atoms in total. The minimum Gasteiger partial charge on any atom is -0.468 e. The van der Waals surface area contributed by atoms with Crippen molar-refractivity contribution in [1.29, 1.82) is 0 Å². The quantitative estimate of drug-likeness (QED) is 0.289. The molecular weight excluding hydrogens is 449 g/mol. The fraction of sp³-hybridized carbons (Fsp3) is 0.353. The highest BCUT2D eigenvalue weighted by molar-refractivity contribution is 7.52. The lowest BCUT2D eigenvalue weighted by Crippen LogP contribution is -2.30. The van der Waals surface area contributed by atoms with Gasteiger partial charge in [-0.1, -0.05) is 18.2 Å². The van der Waals surface area contributed by atoms with E-state index in [0.29, 0.717) is 0 Å². The van der Waals surface area contributed by atoms with E-state index in [1.807, 2.05) is 0 Å². The van der Waals surface area contributed by atoms with Gasteiger partial charge in [0.25, 0.3) is 5.91 Å². The van der Waals surface area contributed by atoms with Crippen molar-refractivity contribution < 1.29 is 42.6 Å². The monoisotopic (exact) mass is 469 g/mol. The zero-order valence-electron chi connectivity index (χ0n) is 16.7. The van der Waals surface area contributed by atoms with E-state index in [0.717, 1.165) is 18.1 Å². The average Bonchev–Trinajstić information content (AvgIpc) is 3.37. The van der Waals surface area contributed by atoms with Crippen LogP contribution in [0.3, 0.4) is 0 Å². The standard InChI is InChI=1S/C17H20N5O9P/c1-28-12(23)7-20-32(27,31-10-5-3-2-4-6-10)29-8-11-13(24)14(25)17(30-11)22-9-19-16(21-22)15(18)26/h2-6,9,11,14,17,25H,7-8H2,1H3,(H2,18,26)(H,20,27)/t11-,14-,17-,32?/m1/s1. The lowest BCUT2D eigenvalue weighted by Gasteiger charge is -2.21. The zero-order chi connectivity index (χ0) is 23.3. The van der Waals surface area contributed by atoms with Crippen LogP contribution in [-0.4, -0.2) is 70.0 Å². The van der Waals surface area contributed by atoms with Gasteiger partial charge in [-0.05, 0) is 12.1 Å². The van der Waals surface area contributed by atoms with E-state index in [9.17, 15) is 24.1 Å². The lowest BCUT2D eigenvalue weighted by atomic mass is 10.2. The Morgan fingerprint density at radius 2 is 2.06 bits per heavy atom. The molecule has 0 spiro atoms. The smallest absolute Gasteiger partial charge is 0.459 e. The van der Waals surface area contributed by atoms with Crippen molar-refractivity contribution in [2.75, 3.05) is 20.3 Å². The molecule has 1 amide bonds. The molecule has 2 aromatic rings. The maximum Gasteiger partial charge on any atom is 0.459 e. The molecule has 172 valence electrons. The van der Waals surface area contributed by atoms with Crippen molar-refractivity contribution in [3.8, 4) is 5.75 Å². The summed E-state index contributed by atoms with van der Waals surface area (Å²) in [5, 5.41) is 16.3. The molecule has 3 rings (SSSR count). The summed E-state index contributed by atoms with van der Waals surface area (Å²) in [6, 6.07) is 7.98. The summed E-state index contributed by atoms with van der Waals surface area (Å²) in [6.45, 7) is -1.10. The minimum absolute atomic E-state index is 0.173. The van der Waals surface area contributed by atoms with E-state index in [1.54, 1.807) is 18.2 Å². The predicted octanol–water partition coefficient (Wildman–Crippen LogP) is -0.829. The van der Waals surface area contributed by atoms with Crippen LogP contribution in [0.1, 0.15) is 16.8 Å². The van der Waals surface area contributed by atoms with Crippen LogP contribution >= 0.6 is 7.75 Å². The molecule has 15 heteroatoms. The Hall–Kier alpha value is -3.16. The summed E-state index contributed by atoms with van der Waals surface area (Å²) in [5.74, 6) is -2.58. The third kappa shape index (κ3) is 5.55. The van der Waals surface area contributed by atoms with Gasteiger partial charge in [0.1, 0.15) is 24.7 Å². The topological polar surface area (TPSA) is 194 Å². The van der Waals surface area contributed by atoms with Gasteiger partial charge in [-0.25, -0.2) is 19.3 Å². The van der Waals surface area contributed by atoms with Crippen molar-refractivity contribution in [3.05, 3.63) is 42.5 Å². The number of amides is 1. The molecular formula is C17H20N5O9P. The molecule has 0 radical (unpaired) electrons. The molecule has 1 aromatic carbocycles. The van der Waals surface area contributed by atoms with E-state index in [1.165, 1.54) is 12.1 Å². The van der Waals surface area contributed by atoms with Crippen LogP contribution < -0.4 is 15.3 Å². The third-order valence-electron chi connectivity index (χ3n) is 4.18. The zero-order valence-corrected chi connectivity index (χ0v) is 17.6. The van der Waals surface area contributed by atoms with Gasteiger partial charge in [-0.2, -0.15) is 0 Å². The predicted molar refractivity (Wildman–Crippen MR) is 104 cm³/mol. The Balaban J connectivity index is 1.70. The maximum atomic E-state index is 13.1. The molecule has 1 saturated heterocycles. The largest absolute Gasteiger partial charge is 0.468 e. The maximum absolute atomic E-state index is 13.1. The van der Waals surface area contributed by atoms with Crippen molar-refractivity contribution in [2.45, 2.75) is 18.4 Å². The number of Topliss-reactive ketones (excluding diaryl/α,β-unsaturated/α-hetero) is 1. The fourth-order valence-electron chi connectivity index (χ4n) is 2.60. The van der Waals surface area contributed by atoms with E-state index in [-0.39, 0.29) is 11.6 Å². The summed E-state index contributed by atoms with van der Waals surface area (Å²) in [4.78, 5) is 38.6. The first-order chi connectivity index (χ1) is 15.2. The summed E-state index contributed by atoms with van der Waals surface area (Å²) < 4.78 is 34.7. The first kappa shape index (κ1) is 23.5. The van der Waals surface area contributed by atoms with Crippen LogP contribution in [0.25, 0.3) is 0 Å². The van der Waals surface area contributed by atoms with Gasteiger partial charge in [0.05, 0.1) is 13.7 Å². The van der Waals surface area contributed by atoms with Crippen LogP contribution in [0.2, 0.25) is 0 Å². The number of para-hydroxylation sites is 1. The molecule has 0 aliphatic carbocycles. The number of carbonyl (C=O) groups excluding carboxylic acids is 3. The number of hydrogen-bond acceptors (Lipinski definition) is 11. The molecule has 1 unspecified atom stereocenters. The number of aliphatic hydroxyl groups excluding tert-OH is 1. The molecule has 1 aliphatic rings. The fourth-order valence-corrected chi connectivity index (χ4v) is 3.87. The molecule has 1 fully saturated rings. The number of ether oxygens (including phenoxy) is 2. The molecule has 4 N–H and O–H groups in total. The van der Waals surface area contributed by atoms with Gasteiger partial charge >= 0.3 is 13.7 Å². The SMILES string of the molecule is COC(=O)CNP(=O)(OC[C@H]1O[C@@H](n2cnc(C(N)=O)n2)[C@H](O)C1=O)Oc1ccccc1. The Labute approximate surface area is 181 Å². The summed E-state index contributed by atoms with van der Waals surface area (Å²) in [7, 11) is -3.02. The highest BCUT2D eigenvalue weighted by atomic mass is 31.2. The Morgan fingerprint density at radius 3 is 2.69 bits per heavy atom. The van der Waals surface area contributed by atoms with Gasteiger partial charge < -0.3 is 24.8 Å². The Bertz CT molecular complexity index is 1030. The van der Waals surface area contributed by atoms with Crippen LogP contribution in [0.5, 0.6) is 5.75 Å².